The standard InChI is InChI=1S/C15H18BrNO2/c1-3-9-17(10-4-2)14-11-13(16)7-5-12(14)6-8-15(18)19/h3,5-8,11H,1,4,9-10H2,2H3,(H,18,19)/b8-6+. The summed E-state index contributed by atoms with van der Waals surface area (Å²) in [4.78, 5) is 12.8. The van der Waals surface area contributed by atoms with E-state index in [2.05, 4.69) is 34.3 Å². The molecule has 0 radical (unpaired) electrons. The van der Waals surface area contributed by atoms with Crippen molar-refractivity contribution >= 4 is 33.7 Å². The van der Waals surface area contributed by atoms with E-state index < -0.39 is 5.97 Å². The number of aliphatic carboxylic acids is 1. The van der Waals surface area contributed by atoms with Crippen LogP contribution in [-0.2, 0) is 4.79 Å². The first-order valence-electron chi connectivity index (χ1n) is 6.15. The molecule has 0 fully saturated rings. The highest BCUT2D eigenvalue weighted by molar-refractivity contribution is 9.10. The zero-order chi connectivity index (χ0) is 14.3. The first kappa shape index (κ1) is 15.5. The summed E-state index contributed by atoms with van der Waals surface area (Å²) in [7, 11) is 0. The van der Waals surface area contributed by atoms with Crippen molar-refractivity contribution < 1.29 is 9.90 Å². The minimum absolute atomic E-state index is 0.734. The maximum atomic E-state index is 10.6. The van der Waals surface area contributed by atoms with Crippen LogP contribution in [0.15, 0.2) is 41.4 Å². The monoisotopic (exact) mass is 323 g/mol. The summed E-state index contributed by atoms with van der Waals surface area (Å²) in [5, 5.41) is 8.74. The van der Waals surface area contributed by atoms with E-state index in [1.807, 2.05) is 24.3 Å². The number of carbonyl (C=O) groups is 1. The lowest BCUT2D eigenvalue weighted by Gasteiger charge is -2.25. The summed E-state index contributed by atoms with van der Waals surface area (Å²) in [6.07, 6.45) is 5.64. The van der Waals surface area contributed by atoms with E-state index in [0.717, 1.165) is 41.3 Å². The molecule has 0 atom stereocenters. The molecule has 1 aromatic carbocycles. The number of benzene rings is 1. The van der Waals surface area contributed by atoms with Crippen LogP contribution in [-0.4, -0.2) is 24.2 Å². The third-order valence-electron chi connectivity index (χ3n) is 2.58. The molecule has 3 nitrogen and oxygen atoms in total. The van der Waals surface area contributed by atoms with Gasteiger partial charge in [-0.2, -0.15) is 0 Å². The van der Waals surface area contributed by atoms with Gasteiger partial charge in [0.2, 0.25) is 0 Å². The van der Waals surface area contributed by atoms with Gasteiger partial charge in [0.15, 0.2) is 0 Å². The second kappa shape index (κ2) is 7.79. The molecule has 0 aliphatic heterocycles. The molecule has 0 saturated heterocycles. The minimum Gasteiger partial charge on any atom is -0.478 e. The number of carboxylic acid groups (broad SMARTS) is 1. The first-order valence-corrected chi connectivity index (χ1v) is 6.94. The Labute approximate surface area is 122 Å². The van der Waals surface area contributed by atoms with Crippen molar-refractivity contribution in [2.75, 3.05) is 18.0 Å². The number of hydrogen-bond donors (Lipinski definition) is 1. The molecular formula is C15H18BrNO2. The third kappa shape index (κ3) is 4.91. The average molecular weight is 324 g/mol. The SMILES string of the molecule is C=CCN(CCC)c1cc(Br)ccc1/C=C/C(=O)O. The third-order valence-corrected chi connectivity index (χ3v) is 3.07. The van der Waals surface area contributed by atoms with Gasteiger partial charge in [-0.3, -0.25) is 0 Å². The quantitative estimate of drug-likeness (QED) is 0.610. The van der Waals surface area contributed by atoms with Crippen LogP contribution in [0, 0.1) is 0 Å². The van der Waals surface area contributed by atoms with Crippen molar-refractivity contribution in [3.05, 3.63) is 47.0 Å². The Bertz CT molecular complexity index is 483. The molecule has 0 unspecified atom stereocenters. The molecule has 1 rings (SSSR count). The fourth-order valence-corrected chi connectivity index (χ4v) is 2.18. The van der Waals surface area contributed by atoms with Crippen LogP contribution >= 0.6 is 15.9 Å². The minimum atomic E-state index is -0.945. The Balaban J connectivity index is 3.16. The Morgan fingerprint density at radius 1 is 1.53 bits per heavy atom. The van der Waals surface area contributed by atoms with Crippen LogP contribution in [0.1, 0.15) is 18.9 Å². The predicted octanol–water partition coefficient (Wildman–Crippen LogP) is 3.95. The van der Waals surface area contributed by atoms with Crippen molar-refractivity contribution in [3.8, 4) is 0 Å². The molecule has 102 valence electrons. The molecule has 1 N–H and O–H groups in total. The summed E-state index contributed by atoms with van der Waals surface area (Å²) < 4.78 is 0.972. The molecule has 0 aliphatic carbocycles. The topological polar surface area (TPSA) is 40.5 Å². The van der Waals surface area contributed by atoms with Crippen LogP contribution in [0.25, 0.3) is 6.08 Å². The van der Waals surface area contributed by atoms with Crippen molar-refractivity contribution in [2.24, 2.45) is 0 Å². The second-order valence-corrected chi connectivity index (χ2v) is 5.03. The van der Waals surface area contributed by atoms with Gasteiger partial charge < -0.3 is 10.0 Å². The summed E-state index contributed by atoms with van der Waals surface area (Å²) in [5.74, 6) is -0.945. The number of rotatable bonds is 7. The largest absolute Gasteiger partial charge is 0.478 e. The van der Waals surface area contributed by atoms with Gasteiger partial charge in [0.1, 0.15) is 0 Å². The highest BCUT2D eigenvalue weighted by Gasteiger charge is 2.09. The zero-order valence-electron chi connectivity index (χ0n) is 11.0. The molecule has 0 aromatic heterocycles. The van der Waals surface area contributed by atoms with E-state index in [4.69, 9.17) is 5.11 Å². The van der Waals surface area contributed by atoms with Crippen molar-refractivity contribution in [1.82, 2.24) is 0 Å². The molecule has 0 bridgehead atoms. The summed E-state index contributed by atoms with van der Waals surface area (Å²) in [5.41, 5.74) is 1.90. The van der Waals surface area contributed by atoms with Crippen LogP contribution in [0.3, 0.4) is 0 Å². The molecule has 0 saturated carbocycles. The van der Waals surface area contributed by atoms with Gasteiger partial charge in [-0.15, -0.1) is 6.58 Å². The molecule has 4 heteroatoms. The van der Waals surface area contributed by atoms with Crippen molar-refractivity contribution in [2.45, 2.75) is 13.3 Å². The Hall–Kier alpha value is -1.55. The highest BCUT2D eigenvalue weighted by Crippen LogP contribution is 2.26. The summed E-state index contributed by atoms with van der Waals surface area (Å²) in [6, 6.07) is 5.81. The van der Waals surface area contributed by atoms with Gasteiger partial charge in [-0.05, 0) is 30.2 Å². The zero-order valence-corrected chi connectivity index (χ0v) is 12.6. The van der Waals surface area contributed by atoms with Gasteiger partial charge in [0.25, 0.3) is 0 Å². The lowest BCUT2D eigenvalue weighted by molar-refractivity contribution is -0.131. The van der Waals surface area contributed by atoms with Gasteiger partial charge in [-0.25, -0.2) is 4.79 Å². The molecule has 0 aliphatic rings. The fraction of sp³-hybridized carbons (Fsp3) is 0.267. The summed E-state index contributed by atoms with van der Waals surface area (Å²) in [6.45, 7) is 7.51. The van der Waals surface area contributed by atoms with E-state index in [1.165, 1.54) is 0 Å². The van der Waals surface area contributed by atoms with E-state index in [-0.39, 0.29) is 0 Å². The van der Waals surface area contributed by atoms with E-state index in [0.29, 0.717) is 0 Å². The lowest BCUT2D eigenvalue weighted by atomic mass is 10.1. The number of halogens is 1. The van der Waals surface area contributed by atoms with Gasteiger partial charge >= 0.3 is 5.97 Å². The molecule has 0 heterocycles. The van der Waals surface area contributed by atoms with E-state index >= 15 is 0 Å². The Kier molecular flexibility index (Phi) is 6.36. The second-order valence-electron chi connectivity index (χ2n) is 4.11. The first-order chi connectivity index (χ1) is 9.08. The number of nitrogens with zero attached hydrogens (tertiary/aromatic N) is 1. The van der Waals surface area contributed by atoms with Gasteiger partial charge in [-0.1, -0.05) is 35.0 Å². The fourth-order valence-electron chi connectivity index (χ4n) is 1.83. The van der Waals surface area contributed by atoms with Gasteiger partial charge in [0, 0.05) is 29.3 Å². The predicted molar refractivity (Wildman–Crippen MR) is 83.5 cm³/mol. The summed E-state index contributed by atoms with van der Waals surface area (Å²) >= 11 is 3.45. The van der Waals surface area contributed by atoms with Crippen molar-refractivity contribution in [3.63, 3.8) is 0 Å². The van der Waals surface area contributed by atoms with Crippen LogP contribution in [0.5, 0.6) is 0 Å². The Morgan fingerprint density at radius 2 is 2.26 bits per heavy atom. The molecule has 19 heavy (non-hydrogen) atoms. The molecule has 0 spiro atoms. The van der Waals surface area contributed by atoms with Gasteiger partial charge in [0.05, 0.1) is 0 Å². The number of carboxylic acids is 1. The van der Waals surface area contributed by atoms with Crippen molar-refractivity contribution in [1.29, 1.82) is 0 Å². The normalized spacial score (nSPS) is 10.6. The van der Waals surface area contributed by atoms with Crippen LogP contribution in [0.4, 0.5) is 5.69 Å². The van der Waals surface area contributed by atoms with E-state index in [9.17, 15) is 4.79 Å². The number of hydrogen-bond acceptors (Lipinski definition) is 2. The maximum absolute atomic E-state index is 10.6. The average Bonchev–Trinajstić information content (AvgIpc) is 2.37. The number of anilines is 1. The maximum Gasteiger partial charge on any atom is 0.328 e. The van der Waals surface area contributed by atoms with Crippen LogP contribution < -0.4 is 4.90 Å². The molecular weight excluding hydrogens is 306 g/mol. The highest BCUT2D eigenvalue weighted by atomic mass is 79.9. The molecule has 1 aromatic rings. The van der Waals surface area contributed by atoms with E-state index in [1.54, 1.807) is 6.08 Å². The lowest BCUT2D eigenvalue weighted by Crippen LogP contribution is -2.24. The Morgan fingerprint density at radius 3 is 2.84 bits per heavy atom. The molecule has 0 amide bonds. The smallest absolute Gasteiger partial charge is 0.328 e. The van der Waals surface area contributed by atoms with Crippen LogP contribution in [0.2, 0.25) is 0 Å².